The van der Waals surface area contributed by atoms with E-state index in [4.69, 9.17) is 21.1 Å². The molecule has 1 aliphatic carbocycles. The van der Waals surface area contributed by atoms with Crippen molar-refractivity contribution in [1.82, 2.24) is 4.98 Å². The number of carbonyl (C=O) groups is 1. The fourth-order valence-corrected chi connectivity index (χ4v) is 3.98. The molecule has 2 atom stereocenters. The van der Waals surface area contributed by atoms with Gasteiger partial charge in [-0.25, -0.2) is 4.98 Å². The smallest absolute Gasteiger partial charge is 0.293 e. The van der Waals surface area contributed by atoms with Crippen LogP contribution in [0.5, 0.6) is 5.75 Å². The summed E-state index contributed by atoms with van der Waals surface area (Å²) in [6.07, 6.45) is 3.26. The van der Waals surface area contributed by atoms with Gasteiger partial charge in [0.1, 0.15) is 23.6 Å². The number of hydrogen-bond donors (Lipinski definition) is 0. The Morgan fingerprint density at radius 2 is 2.19 bits per heavy atom. The van der Waals surface area contributed by atoms with Crippen molar-refractivity contribution < 1.29 is 14.3 Å². The van der Waals surface area contributed by atoms with Crippen LogP contribution in [-0.4, -0.2) is 11.5 Å². The average molecular weight is 386 g/mol. The highest BCUT2D eigenvalue weighted by molar-refractivity contribution is 6.29. The molecule has 0 saturated heterocycles. The number of hydrogen-bond acceptors (Lipinski definition) is 4. The Balaban J connectivity index is 1.95. The molecule has 1 aromatic carbocycles. The molecule has 3 rings (SSSR count). The minimum atomic E-state index is -0.316. The van der Waals surface area contributed by atoms with Crippen LogP contribution in [0.15, 0.2) is 36.5 Å². The van der Waals surface area contributed by atoms with Crippen molar-refractivity contribution in [3.05, 3.63) is 69.5 Å². The van der Waals surface area contributed by atoms with Gasteiger partial charge in [-0.15, -0.1) is 0 Å². The highest BCUT2D eigenvalue weighted by atomic mass is 35.5. The summed E-state index contributed by atoms with van der Waals surface area (Å²) in [7, 11) is 0. The lowest BCUT2D eigenvalue weighted by Gasteiger charge is -2.35. The van der Waals surface area contributed by atoms with Crippen molar-refractivity contribution in [2.75, 3.05) is 0 Å². The van der Waals surface area contributed by atoms with E-state index < -0.39 is 0 Å². The van der Waals surface area contributed by atoms with E-state index in [9.17, 15) is 4.79 Å². The number of pyridine rings is 1. The number of halogens is 1. The second-order valence-electron chi connectivity index (χ2n) is 7.13. The van der Waals surface area contributed by atoms with Gasteiger partial charge in [-0.2, -0.15) is 0 Å². The molecule has 0 aliphatic heterocycles. The molecule has 0 amide bonds. The number of ether oxygens (including phenoxy) is 2. The lowest BCUT2D eigenvalue weighted by atomic mass is 9.75. The van der Waals surface area contributed by atoms with Gasteiger partial charge in [0.05, 0.1) is 0 Å². The first kappa shape index (κ1) is 19.4. The van der Waals surface area contributed by atoms with Crippen LogP contribution >= 0.6 is 11.6 Å². The maximum Gasteiger partial charge on any atom is 0.293 e. The maximum absolute atomic E-state index is 11.2. The first-order chi connectivity index (χ1) is 12.9. The summed E-state index contributed by atoms with van der Waals surface area (Å²) in [6.45, 7) is 11.1. The van der Waals surface area contributed by atoms with Gasteiger partial charge in [0, 0.05) is 23.2 Å². The largest absolute Gasteiger partial charge is 0.489 e. The van der Waals surface area contributed by atoms with Crippen LogP contribution in [0.25, 0.3) is 0 Å². The predicted octanol–water partition coefficient (Wildman–Crippen LogP) is 5.28. The fourth-order valence-electron chi connectivity index (χ4n) is 3.86. The summed E-state index contributed by atoms with van der Waals surface area (Å²) in [5.41, 5.74) is 6.44. The van der Waals surface area contributed by atoms with E-state index in [1.54, 1.807) is 12.3 Å². The lowest BCUT2D eigenvalue weighted by Crippen LogP contribution is -2.25. The monoisotopic (exact) mass is 385 g/mol. The quantitative estimate of drug-likeness (QED) is 0.385. The van der Waals surface area contributed by atoms with Crippen LogP contribution in [0.3, 0.4) is 0 Å². The Morgan fingerprint density at radius 1 is 1.41 bits per heavy atom. The van der Waals surface area contributed by atoms with Gasteiger partial charge in [-0.05, 0) is 62.4 Å². The average Bonchev–Trinajstić information content (AvgIpc) is 2.64. The molecule has 0 bridgehead atoms. The molecule has 0 fully saturated rings. The number of fused-ring (bicyclic) bond motifs is 1. The molecular weight excluding hydrogens is 362 g/mol. The topological polar surface area (TPSA) is 48.4 Å². The minimum Gasteiger partial charge on any atom is -0.489 e. The third-order valence-corrected chi connectivity index (χ3v) is 5.52. The molecule has 0 saturated carbocycles. The maximum atomic E-state index is 11.2. The minimum absolute atomic E-state index is 0.122. The van der Waals surface area contributed by atoms with E-state index >= 15 is 0 Å². The Kier molecular flexibility index (Phi) is 5.85. The first-order valence-electron chi connectivity index (χ1n) is 9.03. The predicted molar refractivity (Wildman–Crippen MR) is 106 cm³/mol. The third-order valence-electron chi connectivity index (χ3n) is 5.30. The molecule has 1 heterocycles. The van der Waals surface area contributed by atoms with Gasteiger partial charge in [0.2, 0.25) is 0 Å². The molecule has 0 spiro atoms. The van der Waals surface area contributed by atoms with E-state index in [-0.39, 0.29) is 12.0 Å². The zero-order valence-corrected chi connectivity index (χ0v) is 16.7. The molecule has 0 N–H and O–H groups in total. The highest BCUT2D eigenvalue weighted by Gasteiger charge is 2.34. The van der Waals surface area contributed by atoms with Gasteiger partial charge in [-0.1, -0.05) is 29.8 Å². The van der Waals surface area contributed by atoms with Gasteiger partial charge in [0.25, 0.3) is 6.47 Å². The number of rotatable bonds is 6. The fraction of sp³-hybridized carbons (Fsp3) is 0.364. The molecular formula is C22H24ClNO3. The number of benzene rings is 1. The first-order valence-corrected chi connectivity index (χ1v) is 9.40. The van der Waals surface area contributed by atoms with E-state index in [0.717, 1.165) is 46.4 Å². The third kappa shape index (κ3) is 4.01. The van der Waals surface area contributed by atoms with Gasteiger partial charge in [0.15, 0.2) is 0 Å². The molecule has 2 aromatic rings. The number of aryl methyl sites for hydroxylation is 1. The van der Waals surface area contributed by atoms with Crippen molar-refractivity contribution in [1.29, 1.82) is 0 Å². The van der Waals surface area contributed by atoms with Crippen LogP contribution in [0.1, 0.15) is 47.3 Å². The zero-order valence-electron chi connectivity index (χ0n) is 15.9. The summed E-state index contributed by atoms with van der Waals surface area (Å²) >= 11 is 5.84. The summed E-state index contributed by atoms with van der Waals surface area (Å²) in [4.78, 5) is 15.3. The van der Waals surface area contributed by atoms with Crippen LogP contribution in [0, 0.1) is 19.8 Å². The molecule has 142 valence electrons. The second-order valence-corrected chi connectivity index (χ2v) is 7.52. The summed E-state index contributed by atoms with van der Waals surface area (Å²) in [5.74, 6) is 0.916. The number of nitrogens with zero attached hydrogens (tertiary/aromatic N) is 1. The zero-order chi connectivity index (χ0) is 19.6. The second kappa shape index (κ2) is 8.13. The Morgan fingerprint density at radius 3 is 2.81 bits per heavy atom. The molecule has 1 aromatic heterocycles. The SMILES string of the molecule is C=C(C)[C@@H]1CCc2c(C)cc(OCc3ccc(Cl)nc3)c(C)c2[C@@H]1OC=O. The van der Waals surface area contributed by atoms with Gasteiger partial charge in [-0.3, -0.25) is 4.79 Å². The normalized spacial score (nSPS) is 18.5. The van der Waals surface area contributed by atoms with Crippen molar-refractivity contribution >= 4 is 18.1 Å². The number of aromatic nitrogens is 1. The van der Waals surface area contributed by atoms with Crippen LogP contribution in [0.4, 0.5) is 0 Å². The van der Waals surface area contributed by atoms with Crippen LogP contribution in [0.2, 0.25) is 5.15 Å². The highest BCUT2D eigenvalue weighted by Crippen LogP contribution is 2.45. The molecule has 0 radical (unpaired) electrons. The van der Waals surface area contributed by atoms with E-state index in [1.165, 1.54) is 5.56 Å². The number of carbonyl (C=O) groups excluding carboxylic acids is 1. The molecule has 1 aliphatic rings. The summed E-state index contributed by atoms with van der Waals surface area (Å²) in [5, 5.41) is 0.458. The lowest BCUT2D eigenvalue weighted by molar-refractivity contribution is -0.136. The van der Waals surface area contributed by atoms with Gasteiger partial charge < -0.3 is 9.47 Å². The van der Waals surface area contributed by atoms with E-state index in [2.05, 4.69) is 24.6 Å². The standard InChI is InChI=1S/C22H24ClNO3/c1-13(2)17-6-7-18-14(3)9-19(15(4)21(18)22(17)27-12-25)26-11-16-5-8-20(23)24-10-16/h5,8-10,12,17,22H,1,6-7,11H2,2-4H3/t17-,22+/m0/s1. The van der Waals surface area contributed by atoms with Crippen LogP contribution < -0.4 is 4.74 Å². The van der Waals surface area contributed by atoms with E-state index in [1.807, 2.05) is 19.9 Å². The van der Waals surface area contributed by atoms with Crippen molar-refractivity contribution in [2.24, 2.45) is 5.92 Å². The van der Waals surface area contributed by atoms with Crippen molar-refractivity contribution in [3.8, 4) is 5.75 Å². The Bertz CT molecular complexity index is 861. The molecule has 4 nitrogen and oxygen atoms in total. The summed E-state index contributed by atoms with van der Waals surface area (Å²) in [6, 6.07) is 5.71. The molecule has 5 heteroatoms. The Labute approximate surface area is 165 Å². The van der Waals surface area contributed by atoms with Crippen molar-refractivity contribution in [3.63, 3.8) is 0 Å². The molecule has 27 heavy (non-hydrogen) atoms. The Hall–Kier alpha value is -2.33. The van der Waals surface area contributed by atoms with Crippen molar-refractivity contribution in [2.45, 2.75) is 46.3 Å². The van der Waals surface area contributed by atoms with Gasteiger partial charge >= 0.3 is 0 Å². The molecule has 0 unspecified atom stereocenters. The summed E-state index contributed by atoms with van der Waals surface area (Å²) < 4.78 is 11.6. The van der Waals surface area contributed by atoms with E-state index in [0.29, 0.717) is 18.2 Å². The van der Waals surface area contributed by atoms with Crippen LogP contribution in [-0.2, 0) is 22.6 Å².